The molecule has 0 aliphatic carbocycles. The van der Waals surface area contributed by atoms with E-state index in [1.807, 2.05) is 56.3 Å². The standard InChI is InChI=1S/C25H27N3O3/c1-5-12-29-21-8-10-23(16(2)13-21)30-25-11-7-20-15-19(6-9-22(20)27-25)18(4)26-24-14-17(3)31-28-24/h6-11,13-15,18H,5,12H2,1-4H3,(H,26,28). The third-order valence-electron chi connectivity index (χ3n) is 5.01. The van der Waals surface area contributed by atoms with Crippen molar-refractivity contribution in [2.45, 2.75) is 40.2 Å². The third-order valence-corrected chi connectivity index (χ3v) is 5.01. The van der Waals surface area contributed by atoms with Crippen molar-refractivity contribution in [3.8, 4) is 17.4 Å². The number of aromatic nitrogens is 2. The minimum atomic E-state index is 0.0842. The van der Waals surface area contributed by atoms with Gasteiger partial charge in [-0.15, -0.1) is 0 Å². The highest BCUT2D eigenvalue weighted by molar-refractivity contribution is 5.80. The summed E-state index contributed by atoms with van der Waals surface area (Å²) in [7, 11) is 0. The molecule has 4 rings (SSSR count). The van der Waals surface area contributed by atoms with E-state index in [0.29, 0.717) is 12.5 Å². The second kappa shape index (κ2) is 9.08. The largest absolute Gasteiger partial charge is 0.494 e. The highest BCUT2D eigenvalue weighted by Crippen LogP contribution is 2.29. The lowest BCUT2D eigenvalue weighted by molar-refractivity contribution is 0.316. The van der Waals surface area contributed by atoms with Crippen molar-refractivity contribution < 1.29 is 14.0 Å². The Labute approximate surface area is 182 Å². The summed E-state index contributed by atoms with van der Waals surface area (Å²) in [6, 6.07) is 17.9. The van der Waals surface area contributed by atoms with E-state index in [4.69, 9.17) is 14.0 Å². The van der Waals surface area contributed by atoms with Crippen molar-refractivity contribution in [2.24, 2.45) is 0 Å². The number of ether oxygens (including phenoxy) is 2. The SMILES string of the molecule is CCCOc1ccc(Oc2ccc3cc(C(C)Nc4cc(C)on4)ccc3n2)c(C)c1. The van der Waals surface area contributed by atoms with Crippen LogP contribution in [0.15, 0.2) is 59.1 Å². The second-order valence-corrected chi connectivity index (χ2v) is 7.67. The average molecular weight is 418 g/mol. The van der Waals surface area contributed by atoms with Crippen molar-refractivity contribution in [1.29, 1.82) is 0 Å². The number of hydrogen-bond donors (Lipinski definition) is 1. The van der Waals surface area contributed by atoms with Gasteiger partial charge in [-0.1, -0.05) is 18.1 Å². The molecule has 0 aliphatic rings. The van der Waals surface area contributed by atoms with E-state index < -0.39 is 0 Å². The fourth-order valence-corrected chi connectivity index (χ4v) is 3.35. The molecule has 0 amide bonds. The second-order valence-electron chi connectivity index (χ2n) is 7.67. The summed E-state index contributed by atoms with van der Waals surface area (Å²) in [5, 5.41) is 8.40. The van der Waals surface area contributed by atoms with Crippen LogP contribution < -0.4 is 14.8 Å². The van der Waals surface area contributed by atoms with Crippen LogP contribution in [0.3, 0.4) is 0 Å². The van der Waals surface area contributed by atoms with Gasteiger partial charge in [0.05, 0.1) is 18.2 Å². The molecule has 6 heteroatoms. The summed E-state index contributed by atoms with van der Waals surface area (Å²) in [5.74, 6) is 3.70. The minimum Gasteiger partial charge on any atom is -0.494 e. The first-order valence-corrected chi connectivity index (χ1v) is 10.5. The minimum absolute atomic E-state index is 0.0842. The van der Waals surface area contributed by atoms with Crippen molar-refractivity contribution in [3.63, 3.8) is 0 Å². The van der Waals surface area contributed by atoms with Gasteiger partial charge in [-0.2, -0.15) is 0 Å². The smallest absolute Gasteiger partial charge is 0.219 e. The molecule has 0 fully saturated rings. The first-order valence-electron chi connectivity index (χ1n) is 10.5. The number of benzene rings is 2. The zero-order valence-corrected chi connectivity index (χ0v) is 18.3. The molecule has 0 radical (unpaired) electrons. The molecule has 1 atom stereocenters. The molecule has 2 aromatic heterocycles. The highest BCUT2D eigenvalue weighted by atomic mass is 16.5. The number of fused-ring (bicyclic) bond motifs is 1. The number of anilines is 1. The van der Waals surface area contributed by atoms with Crippen LogP contribution in [-0.4, -0.2) is 16.7 Å². The van der Waals surface area contributed by atoms with Gasteiger partial charge in [-0.05, 0) is 74.7 Å². The lowest BCUT2D eigenvalue weighted by atomic mass is 10.1. The topological polar surface area (TPSA) is 69.4 Å². The Hall–Kier alpha value is -3.54. The number of nitrogens with zero attached hydrogens (tertiary/aromatic N) is 2. The molecule has 160 valence electrons. The Bertz CT molecular complexity index is 1190. The molecular weight excluding hydrogens is 390 g/mol. The van der Waals surface area contributed by atoms with Gasteiger partial charge in [0.25, 0.3) is 0 Å². The Balaban J connectivity index is 1.49. The number of aryl methyl sites for hydroxylation is 2. The van der Waals surface area contributed by atoms with E-state index >= 15 is 0 Å². The maximum Gasteiger partial charge on any atom is 0.219 e. The van der Waals surface area contributed by atoms with Crippen LogP contribution in [0.5, 0.6) is 17.4 Å². The lowest BCUT2D eigenvalue weighted by Crippen LogP contribution is -2.06. The number of nitrogens with one attached hydrogen (secondary N) is 1. The Morgan fingerprint density at radius 3 is 2.65 bits per heavy atom. The first-order chi connectivity index (χ1) is 15.0. The van der Waals surface area contributed by atoms with Crippen LogP contribution in [0.2, 0.25) is 0 Å². The van der Waals surface area contributed by atoms with E-state index in [0.717, 1.165) is 51.5 Å². The van der Waals surface area contributed by atoms with Crippen LogP contribution >= 0.6 is 0 Å². The van der Waals surface area contributed by atoms with Gasteiger partial charge in [0.2, 0.25) is 5.88 Å². The van der Waals surface area contributed by atoms with Crippen molar-refractivity contribution >= 4 is 16.7 Å². The summed E-state index contributed by atoms with van der Waals surface area (Å²) in [6.45, 7) is 8.77. The van der Waals surface area contributed by atoms with Crippen LogP contribution in [0.4, 0.5) is 5.82 Å². The maximum atomic E-state index is 6.04. The van der Waals surface area contributed by atoms with E-state index in [9.17, 15) is 0 Å². The van der Waals surface area contributed by atoms with Crippen molar-refractivity contribution in [1.82, 2.24) is 10.1 Å². The van der Waals surface area contributed by atoms with Crippen molar-refractivity contribution in [3.05, 3.63) is 71.5 Å². The van der Waals surface area contributed by atoms with Gasteiger partial charge < -0.3 is 19.3 Å². The monoisotopic (exact) mass is 417 g/mol. The zero-order valence-electron chi connectivity index (χ0n) is 18.3. The Morgan fingerprint density at radius 1 is 1.03 bits per heavy atom. The van der Waals surface area contributed by atoms with E-state index in [-0.39, 0.29) is 6.04 Å². The maximum absolute atomic E-state index is 6.04. The fourth-order valence-electron chi connectivity index (χ4n) is 3.35. The molecule has 1 N–H and O–H groups in total. The van der Waals surface area contributed by atoms with Crippen LogP contribution in [0.1, 0.15) is 43.2 Å². The summed E-state index contributed by atoms with van der Waals surface area (Å²) in [4.78, 5) is 4.67. The van der Waals surface area contributed by atoms with Crippen LogP contribution in [-0.2, 0) is 0 Å². The molecule has 1 unspecified atom stereocenters. The van der Waals surface area contributed by atoms with Crippen LogP contribution in [0.25, 0.3) is 10.9 Å². The molecule has 0 aliphatic heterocycles. The molecule has 0 saturated carbocycles. The highest BCUT2D eigenvalue weighted by Gasteiger charge is 2.10. The molecule has 2 heterocycles. The third kappa shape index (κ3) is 4.97. The molecule has 4 aromatic rings. The Morgan fingerprint density at radius 2 is 1.90 bits per heavy atom. The molecule has 2 aromatic carbocycles. The van der Waals surface area contributed by atoms with E-state index in [2.05, 4.69) is 41.4 Å². The van der Waals surface area contributed by atoms with E-state index in [1.54, 1.807) is 0 Å². The van der Waals surface area contributed by atoms with Crippen molar-refractivity contribution in [2.75, 3.05) is 11.9 Å². The van der Waals surface area contributed by atoms with Gasteiger partial charge in [-0.3, -0.25) is 0 Å². The average Bonchev–Trinajstić information content (AvgIpc) is 3.18. The quantitative estimate of drug-likeness (QED) is 0.349. The molecule has 0 bridgehead atoms. The molecule has 0 spiro atoms. The first kappa shape index (κ1) is 20.7. The molecular formula is C25H27N3O3. The normalized spacial score (nSPS) is 12.0. The lowest BCUT2D eigenvalue weighted by Gasteiger charge is -2.14. The summed E-state index contributed by atoms with van der Waals surface area (Å²) >= 11 is 0. The molecule has 6 nitrogen and oxygen atoms in total. The number of hydrogen-bond acceptors (Lipinski definition) is 6. The van der Waals surface area contributed by atoms with Gasteiger partial charge in [0.1, 0.15) is 17.3 Å². The van der Waals surface area contributed by atoms with Gasteiger partial charge >= 0.3 is 0 Å². The summed E-state index contributed by atoms with van der Waals surface area (Å²) < 4.78 is 16.8. The predicted octanol–water partition coefficient (Wildman–Crippen LogP) is 6.59. The summed E-state index contributed by atoms with van der Waals surface area (Å²) in [6.07, 6.45) is 0.981. The predicted molar refractivity (Wildman–Crippen MR) is 122 cm³/mol. The Kier molecular flexibility index (Phi) is 6.07. The van der Waals surface area contributed by atoms with E-state index in [1.165, 1.54) is 0 Å². The van der Waals surface area contributed by atoms with Gasteiger partial charge in [-0.25, -0.2) is 4.98 Å². The zero-order chi connectivity index (χ0) is 21.8. The van der Waals surface area contributed by atoms with Gasteiger partial charge in [0, 0.05) is 17.5 Å². The van der Waals surface area contributed by atoms with Gasteiger partial charge in [0.15, 0.2) is 5.82 Å². The summed E-state index contributed by atoms with van der Waals surface area (Å²) in [5.41, 5.74) is 3.03. The molecule has 31 heavy (non-hydrogen) atoms. The number of rotatable bonds is 8. The fraction of sp³-hybridized carbons (Fsp3) is 0.280. The molecule has 0 saturated heterocycles. The van der Waals surface area contributed by atoms with Crippen LogP contribution in [0, 0.1) is 13.8 Å². The number of pyridine rings is 1.